The molecule has 0 aromatic carbocycles. The van der Waals surface area contributed by atoms with E-state index >= 15 is 0 Å². The van der Waals surface area contributed by atoms with Gasteiger partial charge in [-0.05, 0) is 31.1 Å². The van der Waals surface area contributed by atoms with E-state index in [-0.39, 0.29) is 3.23 Å². The van der Waals surface area contributed by atoms with E-state index in [1.54, 1.807) is 0 Å². The van der Waals surface area contributed by atoms with Crippen molar-refractivity contribution in [3.8, 4) is 0 Å². The zero-order valence-electron chi connectivity index (χ0n) is 8.91. The number of halogens is 3. The molecule has 0 heterocycles. The van der Waals surface area contributed by atoms with Gasteiger partial charge in [0.05, 0.1) is 3.23 Å². The van der Waals surface area contributed by atoms with Crippen molar-refractivity contribution in [1.29, 1.82) is 0 Å². The molecular weight excluding hydrogens is 372 g/mol. The van der Waals surface area contributed by atoms with Crippen LogP contribution in [-0.4, -0.2) is 8.56 Å². The third-order valence-electron chi connectivity index (χ3n) is 3.34. The molecule has 0 bridgehead atoms. The lowest BCUT2D eigenvalue weighted by atomic mass is 10.0. The summed E-state index contributed by atoms with van der Waals surface area (Å²) in [5, 5.41) is 0.973. The summed E-state index contributed by atoms with van der Waals surface area (Å²) < 4.78 is 0.182. The average Bonchev–Trinajstić information content (AvgIpc) is 2.41. The van der Waals surface area contributed by atoms with Gasteiger partial charge in [0, 0.05) is 5.33 Å². The van der Waals surface area contributed by atoms with Crippen molar-refractivity contribution in [2.75, 3.05) is 5.33 Å². The Balaban J connectivity index is 2.39. The highest BCUT2D eigenvalue weighted by molar-refractivity contribution is 9.25. The Morgan fingerprint density at radius 3 is 2.21 bits per heavy atom. The molecule has 82 valence electrons. The van der Waals surface area contributed by atoms with Crippen molar-refractivity contribution >= 4 is 47.8 Å². The summed E-state index contributed by atoms with van der Waals surface area (Å²) in [5.74, 6) is 0.744. The molecule has 1 aliphatic carbocycles. The predicted molar refractivity (Wildman–Crippen MR) is 74.6 cm³/mol. The average molecular weight is 389 g/mol. The summed E-state index contributed by atoms with van der Waals surface area (Å²) in [4.78, 5) is 0. The monoisotopic (exact) mass is 386 g/mol. The number of hydrogen-bond acceptors (Lipinski definition) is 0. The van der Waals surface area contributed by atoms with Crippen LogP contribution in [0.4, 0.5) is 0 Å². The van der Waals surface area contributed by atoms with E-state index in [0.29, 0.717) is 5.41 Å². The molecule has 0 aliphatic heterocycles. The van der Waals surface area contributed by atoms with Crippen molar-refractivity contribution in [3.63, 3.8) is 0 Å². The maximum absolute atomic E-state index is 3.75. The van der Waals surface area contributed by atoms with Gasteiger partial charge in [-0.1, -0.05) is 73.3 Å². The van der Waals surface area contributed by atoms with Crippen LogP contribution in [0, 0.1) is 11.3 Å². The van der Waals surface area contributed by atoms with Crippen molar-refractivity contribution in [2.24, 2.45) is 11.3 Å². The first kappa shape index (κ1) is 13.2. The molecule has 0 aromatic heterocycles. The topological polar surface area (TPSA) is 0 Å². The van der Waals surface area contributed by atoms with Crippen LogP contribution in [0.1, 0.15) is 33.6 Å². The van der Waals surface area contributed by atoms with Crippen LogP contribution in [0.25, 0.3) is 0 Å². The standard InChI is InChI=1S/C11H17Br3/c1-8(6-7-12)4-5-9-10(2,3)11(9,13)14/h6,9H,4-5,7H2,1-3H3. The summed E-state index contributed by atoms with van der Waals surface area (Å²) in [5.41, 5.74) is 1.88. The molecular formula is C11H17Br3. The van der Waals surface area contributed by atoms with E-state index in [2.05, 4.69) is 74.6 Å². The van der Waals surface area contributed by atoms with Gasteiger partial charge in [-0.3, -0.25) is 0 Å². The minimum absolute atomic E-state index is 0.182. The third-order valence-corrected chi connectivity index (χ3v) is 6.81. The van der Waals surface area contributed by atoms with Gasteiger partial charge in [0.25, 0.3) is 0 Å². The minimum Gasteiger partial charge on any atom is -0.0883 e. The molecule has 0 saturated heterocycles. The largest absolute Gasteiger partial charge is 0.0893 e. The van der Waals surface area contributed by atoms with Crippen LogP contribution in [0.3, 0.4) is 0 Å². The van der Waals surface area contributed by atoms with Crippen LogP contribution in [0.2, 0.25) is 0 Å². The zero-order valence-corrected chi connectivity index (χ0v) is 13.7. The fraction of sp³-hybridized carbons (Fsp3) is 0.818. The van der Waals surface area contributed by atoms with Crippen LogP contribution < -0.4 is 0 Å². The fourth-order valence-electron chi connectivity index (χ4n) is 1.91. The van der Waals surface area contributed by atoms with E-state index < -0.39 is 0 Å². The molecule has 0 amide bonds. The number of allylic oxidation sites excluding steroid dienone is 2. The van der Waals surface area contributed by atoms with Gasteiger partial charge in [-0.2, -0.15) is 0 Å². The molecule has 1 unspecified atom stereocenters. The Hall–Kier alpha value is 1.18. The first-order valence-corrected chi connectivity index (χ1v) is 7.64. The first-order valence-electron chi connectivity index (χ1n) is 4.93. The first-order chi connectivity index (χ1) is 6.34. The Morgan fingerprint density at radius 2 is 1.86 bits per heavy atom. The maximum Gasteiger partial charge on any atom is 0.0893 e. The highest BCUT2D eigenvalue weighted by Crippen LogP contribution is 2.72. The maximum atomic E-state index is 3.75. The molecule has 0 N–H and O–H groups in total. The van der Waals surface area contributed by atoms with E-state index in [0.717, 1.165) is 11.2 Å². The summed E-state index contributed by atoms with van der Waals surface area (Å²) in [6.45, 7) is 6.83. The smallest absolute Gasteiger partial charge is 0.0883 e. The van der Waals surface area contributed by atoms with E-state index in [4.69, 9.17) is 0 Å². The number of alkyl halides is 3. The lowest BCUT2D eigenvalue weighted by Crippen LogP contribution is -1.94. The van der Waals surface area contributed by atoms with Gasteiger partial charge in [0.2, 0.25) is 0 Å². The molecule has 3 heteroatoms. The second-order valence-corrected chi connectivity index (χ2v) is 8.85. The molecule has 14 heavy (non-hydrogen) atoms. The zero-order chi connectivity index (χ0) is 11.0. The highest BCUT2D eigenvalue weighted by Gasteiger charge is 2.67. The van der Waals surface area contributed by atoms with Crippen LogP contribution in [0.5, 0.6) is 0 Å². The highest BCUT2D eigenvalue weighted by atomic mass is 79.9. The van der Waals surface area contributed by atoms with E-state index in [9.17, 15) is 0 Å². The van der Waals surface area contributed by atoms with Gasteiger partial charge < -0.3 is 0 Å². The predicted octanol–water partition coefficient (Wildman–Crippen LogP) is 5.25. The van der Waals surface area contributed by atoms with Gasteiger partial charge in [-0.25, -0.2) is 0 Å². The van der Waals surface area contributed by atoms with Crippen molar-refractivity contribution in [3.05, 3.63) is 11.6 Å². The molecule has 0 spiro atoms. The van der Waals surface area contributed by atoms with Crippen molar-refractivity contribution in [2.45, 2.75) is 36.8 Å². The Kier molecular flexibility index (Phi) is 4.34. The summed E-state index contributed by atoms with van der Waals surface area (Å²) >= 11 is 10.9. The Morgan fingerprint density at radius 1 is 1.36 bits per heavy atom. The Labute approximate surface area is 112 Å². The van der Waals surface area contributed by atoms with Gasteiger partial charge in [0.15, 0.2) is 0 Å². The second kappa shape index (κ2) is 4.58. The van der Waals surface area contributed by atoms with E-state index in [1.807, 2.05) is 0 Å². The summed E-state index contributed by atoms with van der Waals surface area (Å²) in [6.07, 6.45) is 4.72. The summed E-state index contributed by atoms with van der Waals surface area (Å²) in [6, 6.07) is 0. The molecule has 1 atom stereocenters. The molecule has 1 aliphatic rings. The lowest BCUT2D eigenvalue weighted by Gasteiger charge is -2.02. The SMILES string of the molecule is CC(=CCBr)CCC1C(C)(C)C1(Br)Br. The van der Waals surface area contributed by atoms with Crippen molar-refractivity contribution < 1.29 is 0 Å². The molecule has 0 nitrogen and oxygen atoms in total. The molecule has 1 saturated carbocycles. The van der Waals surface area contributed by atoms with Crippen molar-refractivity contribution in [1.82, 2.24) is 0 Å². The van der Waals surface area contributed by atoms with Gasteiger partial charge >= 0.3 is 0 Å². The minimum atomic E-state index is 0.182. The molecule has 1 rings (SSSR count). The molecule has 0 radical (unpaired) electrons. The lowest BCUT2D eigenvalue weighted by molar-refractivity contribution is 0.532. The van der Waals surface area contributed by atoms with E-state index in [1.165, 1.54) is 18.4 Å². The Bertz CT molecular complexity index is 227. The van der Waals surface area contributed by atoms with Crippen LogP contribution in [-0.2, 0) is 0 Å². The van der Waals surface area contributed by atoms with Crippen LogP contribution >= 0.6 is 47.8 Å². The van der Waals surface area contributed by atoms with Gasteiger partial charge in [-0.15, -0.1) is 0 Å². The normalized spacial score (nSPS) is 29.0. The molecule has 0 aromatic rings. The fourth-order valence-corrected chi connectivity index (χ4v) is 4.38. The number of rotatable bonds is 4. The third kappa shape index (κ3) is 2.46. The molecule has 1 fully saturated rings. The summed E-state index contributed by atoms with van der Waals surface area (Å²) in [7, 11) is 0. The van der Waals surface area contributed by atoms with Gasteiger partial charge in [0.1, 0.15) is 0 Å². The van der Waals surface area contributed by atoms with Crippen LogP contribution in [0.15, 0.2) is 11.6 Å². The number of hydrogen-bond donors (Lipinski definition) is 0. The second-order valence-electron chi connectivity index (χ2n) is 4.64. The quantitative estimate of drug-likeness (QED) is 0.455.